The number of benzene rings is 1. The predicted molar refractivity (Wildman–Crippen MR) is 184 cm³/mol. The van der Waals surface area contributed by atoms with Crippen LogP contribution in [0.15, 0.2) is 36.9 Å². The number of nitrogens with one attached hydrogen (secondary N) is 3. The summed E-state index contributed by atoms with van der Waals surface area (Å²) in [6, 6.07) is 4.89. The molecule has 0 bridgehead atoms. The van der Waals surface area contributed by atoms with Gasteiger partial charge in [-0.25, -0.2) is 8.42 Å². The van der Waals surface area contributed by atoms with Crippen molar-refractivity contribution in [3.8, 4) is 5.88 Å². The van der Waals surface area contributed by atoms with E-state index < -0.39 is 74.2 Å². The Hall–Kier alpha value is -3.37. The van der Waals surface area contributed by atoms with Gasteiger partial charge >= 0.3 is 0 Å². The Morgan fingerprint density at radius 2 is 1.73 bits per heavy atom. The van der Waals surface area contributed by atoms with Crippen molar-refractivity contribution in [3.63, 3.8) is 0 Å². The minimum absolute atomic E-state index is 0.0136. The summed E-state index contributed by atoms with van der Waals surface area (Å²) in [5, 5.41) is 25.1. The van der Waals surface area contributed by atoms with Gasteiger partial charge in [0, 0.05) is 17.2 Å². The number of amides is 3. The van der Waals surface area contributed by atoms with Gasteiger partial charge in [0.15, 0.2) is 5.15 Å². The molecule has 1 unspecified atom stereocenters. The molecule has 4 rings (SSSR count). The van der Waals surface area contributed by atoms with Gasteiger partial charge in [-0.05, 0) is 58.4 Å². The zero-order valence-electron chi connectivity index (χ0n) is 28.9. The molecule has 1 saturated heterocycles. The molecule has 14 nitrogen and oxygen atoms in total. The van der Waals surface area contributed by atoms with Gasteiger partial charge in [0.2, 0.25) is 34.1 Å². The van der Waals surface area contributed by atoms with E-state index in [0.717, 1.165) is 0 Å². The van der Waals surface area contributed by atoms with E-state index in [1.807, 2.05) is 0 Å². The summed E-state index contributed by atoms with van der Waals surface area (Å²) in [6.45, 7) is 15.7. The number of rotatable bonds is 13. The number of hydrogen-bond acceptors (Lipinski definition) is 11. The molecule has 270 valence electrons. The lowest BCUT2D eigenvalue weighted by molar-refractivity contribution is -0.192. The molecule has 16 heteroatoms. The summed E-state index contributed by atoms with van der Waals surface area (Å²) in [4.78, 5) is 43.2. The zero-order valence-corrected chi connectivity index (χ0v) is 30.5. The fourth-order valence-electron chi connectivity index (χ4n) is 5.58. The Kier molecular flexibility index (Phi) is 11.3. The van der Waals surface area contributed by atoms with E-state index >= 15 is 0 Å². The van der Waals surface area contributed by atoms with Crippen LogP contribution in [0.25, 0.3) is 10.8 Å². The smallest absolute Gasteiger partial charge is 0.259 e. The summed E-state index contributed by atoms with van der Waals surface area (Å²) in [5.74, 6) is -2.02. The van der Waals surface area contributed by atoms with Crippen LogP contribution in [-0.2, 0) is 29.1 Å². The maximum atomic E-state index is 14.4. The van der Waals surface area contributed by atoms with Gasteiger partial charge in [-0.15, -0.1) is 16.8 Å². The second kappa shape index (κ2) is 14.5. The lowest BCUT2D eigenvalue weighted by Gasteiger charge is -2.38. The minimum atomic E-state index is -3.92. The van der Waals surface area contributed by atoms with E-state index in [1.54, 1.807) is 65.8 Å². The average Bonchev–Trinajstić information content (AvgIpc) is 3.77. The molecule has 2 fully saturated rings. The molecule has 3 amide bonds. The molecular formula is C33H47ClN6O8S. The molecule has 1 aromatic heterocycles. The maximum Gasteiger partial charge on any atom is 0.259 e. The number of likely N-dealkylation sites (tertiary alicyclic amines) is 1. The van der Waals surface area contributed by atoms with Gasteiger partial charge in [-0.3, -0.25) is 24.4 Å². The Morgan fingerprint density at radius 3 is 2.31 bits per heavy atom. The van der Waals surface area contributed by atoms with E-state index in [0.29, 0.717) is 23.6 Å². The summed E-state index contributed by atoms with van der Waals surface area (Å²) in [5.41, 5.74) is -3.23. The number of sulfonamides is 1. The van der Waals surface area contributed by atoms with Crippen molar-refractivity contribution >= 4 is 50.1 Å². The zero-order chi connectivity index (χ0) is 36.5. The van der Waals surface area contributed by atoms with Crippen LogP contribution < -0.4 is 20.1 Å². The van der Waals surface area contributed by atoms with Crippen molar-refractivity contribution in [1.29, 1.82) is 0 Å². The van der Waals surface area contributed by atoms with Gasteiger partial charge in [-0.1, -0.05) is 56.6 Å². The van der Waals surface area contributed by atoms with E-state index in [4.69, 9.17) is 21.1 Å². The Labute approximate surface area is 292 Å². The number of aliphatic hydroxyl groups is 1. The van der Waals surface area contributed by atoms with Crippen LogP contribution in [0.2, 0.25) is 5.15 Å². The van der Waals surface area contributed by atoms with Gasteiger partial charge in [-0.2, -0.15) is 0 Å². The normalized spacial score (nSPS) is 21.0. The lowest BCUT2D eigenvalue weighted by Crippen LogP contribution is -2.63. The number of ether oxygens (including phenoxy) is 2. The number of carbonyl (C=O) groups is 3. The van der Waals surface area contributed by atoms with Crippen LogP contribution in [-0.4, -0.2) is 93.9 Å². The van der Waals surface area contributed by atoms with Crippen molar-refractivity contribution in [3.05, 3.63) is 42.1 Å². The average molecular weight is 723 g/mol. The molecule has 1 aromatic carbocycles. The molecule has 1 aliphatic heterocycles. The van der Waals surface area contributed by atoms with Crippen LogP contribution in [0.5, 0.6) is 5.88 Å². The highest BCUT2D eigenvalue weighted by atomic mass is 35.5. The number of hydrogen-bond donors (Lipinski definition) is 4. The molecule has 49 heavy (non-hydrogen) atoms. The fourth-order valence-corrected chi connectivity index (χ4v) is 7.19. The second-order valence-electron chi connectivity index (χ2n) is 14.9. The van der Waals surface area contributed by atoms with Crippen molar-refractivity contribution in [2.24, 2.45) is 5.41 Å². The molecule has 0 spiro atoms. The highest BCUT2D eigenvalue weighted by Gasteiger charge is 2.48. The fraction of sp³-hybridized carbons (Fsp3) is 0.606. The van der Waals surface area contributed by atoms with Gasteiger partial charge < -0.3 is 24.8 Å². The van der Waals surface area contributed by atoms with Gasteiger partial charge in [0.1, 0.15) is 17.7 Å². The summed E-state index contributed by atoms with van der Waals surface area (Å²) in [6.07, 6.45) is -0.101. The first kappa shape index (κ1) is 38.4. The molecule has 2 aromatic rings. The topological polar surface area (TPSA) is 189 Å². The van der Waals surface area contributed by atoms with E-state index in [9.17, 15) is 27.9 Å². The highest BCUT2D eigenvalue weighted by molar-refractivity contribution is 7.91. The molecule has 2 aliphatic rings. The molecule has 5 atom stereocenters. The molecule has 2 heterocycles. The Balaban J connectivity index is 1.67. The number of aromatic nitrogens is 2. The van der Waals surface area contributed by atoms with Crippen LogP contribution in [0.3, 0.4) is 0 Å². The van der Waals surface area contributed by atoms with Crippen molar-refractivity contribution < 1.29 is 37.4 Å². The SMILES string of the molecule is C=CC[C@@](C)(NC(=O)[C@@H]1C[C@@H](Oc2nnc(Cl)c3ccccc23)CN1C(=O)[C@@H](NC(O)OC(C)(C)C)C(C)(C)C)C(=O)NS(=O)(=O)C1CC1. The molecule has 1 saturated carbocycles. The number of halogens is 1. The van der Waals surface area contributed by atoms with Crippen LogP contribution in [0, 0.1) is 5.41 Å². The van der Waals surface area contributed by atoms with Crippen LogP contribution in [0.1, 0.15) is 74.1 Å². The minimum Gasteiger partial charge on any atom is -0.471 e. The van der Waals surface area contributed by atoms with Crippen molar-refractivity contribution in [1.82, 2.24) is 30.5 Å². The summed E-state index contributed by atoms with van der Waals surface area (Å²) < 4.78 is 39.2. The number of aliphatic hydroxyl groups excluding tert-OH is 1. The van der Waals surface area contributed by atoms with Gasteiger partial charge in [0.25, 0.3) is 5.91 Å². The third-order valence-corrected chi connectivity index (χ3v) is 10.4. The first-order valence-electron chi connectivity index (χ1n) is 16.1. The molecule has 4 N–H and O–H groups in total. The van der Waals surface area contributed by atoms with Crippen molar-refractivity contribution in [2.45, 2.75) is 115 Å². The highest BCUT2D eigenvalue weighted by Crippen LogP contribution is 2.33. The van der Waals surface area contributed by atoms with E-state index in [1.165, 1.54) is 17.9 Å². The summed E-state index contributed by atoms with van der Waals surface area (Å²) in [7, 11) is -3.92. The molecular weight excluding hydrogens is 676 g/mol. The third kappa shape index (κ3) is 9.45. The quantitative estimate of drug-likeness (QED) is 0.176. The largest absolute Gasteiger partial charge is 0.471 e. The van der Waals surface area contributed by atoms with Crippen LogP contribution >= 0.6 is 11.6 Å². The second-order valence-corrected chi connectivity index (χ2v) is 17.2. The third-order valence-electron chi connectivity index (χ3n) is 8.27. The first-order valence-corrected chi connectivity index (χ1v) is 18.1. The molecule has 0 radical (unpaired) electrons. The standard InChI is InChI=1S/C33H47ClN6O8S/c1-9-16-33(8,29(43)39-49(45,46)20-14-15-20)36-26(41)23-17-19(47-27-22-13-11-10-12-21(22)25(34)37-38-27)18-40(23)28(42)24(31(2,3)4)35-30(44)48-32(5,6)7/h9-13,19-20,23-24,30,35,44H,1,14-18H2,2-8H3,(H,36,41)(H,39,43)/t19-,23+,24-,30?,33-/m1/s1. The van der Waals surface area contributed by atoms with E-state index in [-0.39, 0.29) is 30.4 Å². The number of fused-ring (bicyclic) bond motifs is 1. The van der Waals surface area contributed by atoms with Crippen LogP contribution in [0.4, 0.5) is 0 Å². The lowest BCUT2D eigenvalue weighted by atomic mass is 9.85. The Morgan fingerprint density at radius 1 is 1.10 bits per heavy atom. The predicted octanol–water partition coefficient (Wildman–Crippen LogP) is 2.79. The maximum absolute atomic E-state index is 14.4. The Bertz CT molecular complexity index is 1690. The number of carbonyl (C=O) groups excluding carboxylic acids is 3. The van der Waals surface area contributed by atoms with E-state index in [2.05, 4.69) is 32.1 Å². The first-order chi connectivity index (χ1) is 22.6. The van der Waals surface area contributed by atoms with Gasteiger partial charge in [0.05, 0.1) is 23.4 Å². The monoisotopic (exact) mass is 722 g/mol. The number of nitrogens with zero attached hydrogens (tertiary/aromatic N) is 3. The van der Waals surface area contributed by atoms with Crippen molar-refractivity contribution in [2.75, 3.05) is 6.54 Å². The summed E-state index contributed by atoms with van der Waals surface area (Å²) >= 11 is 6.26. The molecule has 1 aliphatic carbocycles.